The average Bonchev–Trinajstić information content (AvgIpc) is 2.82. The molecule has 3 rings (SSSR count). The van der Waals surface area contributed by atoms with Gasteiger partial charge in [0.25, 0.3) is 0 Å². The van der Waals surface area contributed by atoms with E-state index in [1.807, 2.05) is 28.8 Å². The molecule has 21 heavy (non-hydrogen) atoms. The van der Waals surface area contributed by atoms with Gasteiger partial charge in [-0.05, 0) is 36.8 Å². The van der Waals surface area contributed by atoms with Gasteiger partial charge in [0, 0.05) is 4.47 Å². The number of rotatable bonds is 2. The van der Waals surface area contributed by atoms with Crippen LogP contribution in [-0.2, 0) is 0 Å². The number of nitrogens with zero attached hydrogens (tertiary/aromatic N) is 3. The number of nitriles is 1. The van der Waals surface area contributed by atoms with E-state index in [2.05, 4.69) is 46.0 Å². The van der Waals surface area contributed by atoms with Gasteiger partial charge in [0.05, 0.1) is 17.1 Å². The number of halogens is 1. The number of fused-ring (bicyclic) bond motifs is 1. The van der Waals surface area contributed by atoms with Crippen molar-refractivity contribution in [3.8, 4) is 6.07 Å². The molecule has 5 heteroatoms. The average molecular weight is 341 g/mol. The molecule has 1 aromatic heterocycles. The Bertz CT molecular complexity index is 860. The zero-order valence-corrected chi connectivity index (χ0v) is 13.0. The molecule has 3 aromatic rings. The van der Waals surface area contributed by atoms with Crippen molar-refractivity contribution in [2.45, 2.75) is 13.0 Å². The quantitative estimate of drug-likeness (QED) is 0.770. The second-order valence-electron chi connectivity index (χ2n) is 4.86. The topological polar surface area (TPSA) is 67.6 Å². The zero-order chi connectivity index (χ0) is 15.0. The molecule has 0 fully saturated rings. The summed E-state index contributed by atoms with van der Waals surface area (Å²) in [6, 6.07) is 15.8. The summed E-state index contributed by atoms with van der Waals surface area (Å²) in [5.74, 6) is 0.417. The van der Waals surface area contributed by atoms with E-state index >= 15 is 0 Å². The summed E-state index contributed by atoms with van der Waals surface area (Å²) in [7, 11) is 0. The summed E-state index contributed by atoms with van der Waals surface area (Å²) in [6.45, 7) is 2.07. The van der Waals surface area contributed by atoms with E-state index in [-0.39, 0.29) is 6.04 Å². The Labute approximate surface area is 131 Å². The number of para-hydroxylation sites is 1. The summed E-state index contributed by atoms with van der Waals surface area (Å²) in [4.78, 5) is 4.36. The molecule has 0 bridgehead atoms. The Hall–Kier alpha value is -2.32. The van der Waals surface area contributed by atoms with Gasteiger partial charge in [0.15, 0.2) is 0 Å². The Kier molecular flexibility index (Phi) is 3.40. The van der Waals surface area contributed by atoms with Gasteiger partial charge in [0.1, 0.15) is 11.6 Å². The second-order valence-corrected chi connectivity index (χ2v) is 5.77. The van der Waals surface area contributed by atoms with E-state index < -0.39 is 0 Å². The number of imidazole rings is 1. The van der Waals surface area contributed by atoms with Gasteiger partial charge in [-0.25, -0.2) is 4.98 Å². The Balaban J connectivity index is 2.21. The molecule has 4 nitrogen and oxygen atoms in total. The number of benzene rings is 2. The Morgan fingerprint density at radius 2 is 2.05 bits per heavy atom. The van der Waals surface area contributed by atoms with Crippen LogP contribution in [0.5, 0.6) is 0 Å². The smallest absolute Gasteiger partial charge is 0.201 e. The number of aromatic nitrogens is 2. The van der Waals surface area contributed by atoms with Crippen LogP contribution in [-0.4, -0.2) is 9.55 Å². The molecular formula is C16H13BrN4. The van der Waals surface area contributed by atoms with Crippen molar-refractivity contribution in [1.82, 2.24) is 9.55 Å². The number of nitrogen functional groups attached to an aromatic ring is 1. The van der Waals surface area contributed by atoms with Gasteiger partial charge < -0.3 is 10.3 Å². The molecule has 104 valence electrons. The summed E-state index contributed by atoms with van der Waals surface area (Å²) in [5, 5.41) is 9.18. The second kappa shape index (κ2) is 5.23. The van der Waals surface area contributed by atoms with Gasteiger partial charge in [-0.2, -0.15) is 5.26 Å². The highest BCUT2D eigenvalue weighted by molar-refractivity contribution is 9.10. The van der Waals surface area contributed by atoms with Gasteiger partial charge in [0.2, 0.25) is 5.95 Å². The van der Waals surface area contributed by atoms with Crippen LogP contribution in [0.2, 0.25) is 0 Å². The van der Waals surface area contributed by atoms with E-state index in [1.165, 1.54) is 0 Å². The van der Waals surface area contributed by atoms with Gasteiger partial charge in [-0.1, -0.05) is 34.1 Å². The summed E-state index contributed by atoms with van der Waals surface area (Å²) in [5.41, 5.74) is 9.27. The fourth-order valence-corrected chi connectivity index (χ4v) is 2.96. The fraction of sp³-hybridized carbons (Fsp3) is 0.125. The van der Waals surface area contributed by atoms with Crippen LogP contribution in [0.3, 0.4) is 0 Å². The Morgan fingerprint density at radius 3 is 2.76 bits per heavy atom. The van der Waals surface area contributed by atoms with Crippen LogP contribution in [0.4, 0.5) is 5.95 Å². The Morgan fingerprint density at radius 1 is 1.29 bits per heavy atom. The standard InChI is InChI=1S/C16H13BrN4/c1-10(11-4-2-6-13(17)8-11)21-14-7-3-5-12(9-18)15(14)20-16(21)19/h2-8,10H,1H3,(H2,19,20). The highest BCUT2D eigenvalue weighted by atomic mass is 79.9. The first-order chi connectivity index (χ1) is 10.1. The van der Waals surface area contributed by atoms with Crippen molar-refractivity contribution >= 4 is 32.9 Å². The van der Waals surface area contributed by atoms with Crippen molar-refractivity contribution in [2.75, 3.05) is 5.73 Å². The fourth-order valence-electron chi connectivity index (χ4n) is 2.55. The normalized spacial score (nSPS) is 12.2. The summed E-state index contributed by atoms with van der Waals surface area (Å²) < 4.78 is 2.98. The molecule has 1 atom stereocenters. The molecule has 0 spiro atoms. The third-order valence-corrected chi connectivity index (χ3v) is 4.08. The van der Waals surface area contributed by atoms with Crippen LogP contribution >= 0.6 is 15.9 Å². The molecule has 2 N–H and O–H groups in total. The van der Waals surface area contributed by atoms with Crippen molar-refractivity contribution in [3.63, 3.8) is 0 Å². The molecule has 0 radical (unpaired) electrons. The van der Waals surface area contributed by atoms with Crippen molar-refractivity contribution in [1.29, 1.82) is 5.26 Å². The lowest BCUT2D eigenvalue weighted by atomic mass is 10.1. The molecule has 1 heterocycles. The minimum absolute atomic E-state index is 0.0291. The molecule has 0 saturated heterocycles. The van der Waals surface area contributed by atoms with E-state index in [0.29, 0.717) is 17.0 Å². The maximum absolute atomic E-state index is 9.18. The van der Waals surface area contributed by atoms with Crippen LogP contribution < -0.4 is 5.73 Å². The minimum atomic E-state index is 0.0291. The van der Waals surface area contributed by atoms with Gasteiger partial charge in [-0.15, -0.1) is 0 Å². The van der Waals surface area contributed by atoms with Crippen molar-refractivity contribution < 1.29 is 0 Å². The largest absolute Gasteiger partial charge is 0.369 e. The maximum atomic E-state index is 9.18. The molecule has 0 amide bonds. The monoisotopic (exact) mass is 340 g/mol. The lowest BCUT2D eigenvalue weighted by molar-refractivity contribution is 0.667. The predicted molar refractivity (Wildman–Crippen MR) is 86.8 cm³/mol. The maximum Gasteiger partial charge on any atom is 0.201 e. The molecule has 0 aliphatic carbocycles. The third-order valence-electron chi connectivity index (χ3n) is 3.59. The molecular weight excluding hydrogens is 328 g/mol. The molecule has 0 aliphatic rings. The van der Waals surface area contributed by atoms with Crippen LogP contribution in [0.25, 0.3) is 11.0 Å². The van der Waals surface area contributed by atoms with E-state index in [0.717, 1.165) is 15.6 Å². The van der Waals surface area contributed by atoms with E-state index in [9.17, 15) is 5.26 Å². The number of anilines is 1. The van der Waals surface area contributed by atoms with E-state index in [1.54, 1.807) is 6.07 Å². The van der Waals surface area contributed by atoms with Crippen LogP contribution in [0.15, 0.2) is 46.9 Å². The SMILES string of the molecule is CC(c1cccc(Br)c1)n1c(N)nc2c(C#N)cccc21. The lowest BCUT2D eigenvalue weighted by Gasteiger charge is -2.16. The highest BCUT2D eigenvalue weighted by Crippen LogP contribution is 2.29. The van der Waals surface area contributed by atoms with Crippen LogP contribution in [0.1, 0.15) is 24.1 Å². The molecule has 1 unspecified atom stereocenters. The zero-order valence-electron chi connectivity index (χ0n) is 11.4. The van der Waals surface area contributed by atoms with E-state index in [4.69, 9.17) is 5.73 Å². The molecule has 0 saturated carbocycles. The highest BCUT2D eigenvalue weighted by Gasteiger charge is 2.17. The van der Waals surface area contributed by atoms with Gasteiger partial charge >= 0.3 is 0 Å². The van der Waals surface area contributed by atoms with Gasteiger partial charge in [-0.3, -0.25) is 0 Å². The first kappa shape index (κ1) is 13.7. The summed E-state index contributed by atoms with van der Waals surface area (Å²) >= 11 is 3.49. The molecule has 0 aliphatic heterocycles. The lowest BCUT2D eigenvalue weighted by Crippen LogP contribution is -2.10. The molecule has 2 aromatic carbocycles. The number of hydrogen-bond donors (Lipinski definition) is 1. The third kappa shape index (κ3) is 2.28. The van der Waals surface area contributed by atoms with Crippen molar-refractivity contribution in [2.24, 2.45) is 0 Å². The predicted octanol–water partition coefficient (Wildman–Crippen LogP) is 3.86. The van der Waals surface area contributed by atoms with Crippen molar-refractivity contribution in [3.05, 3.63) is 58.1 Å². The summed E-state index contributed by atoms with van der Waals surface area (Å²) in [6.07, 6.45) is 0. The number of hydrogen-bond acceptors (Lipinski definition) is 3. The number of nitrogens with two attached hydrogens (primary N) is 1. The minimum Gasteiger partial charge on any atom is -0.369 e. The van der Waals surface area contributed by atoms with Crippen LogP contribution in [0, 0.1) is 11.3 Å². The first-order valence-corrected chi connectivity index (χ1v) is 7.33. The first-order valence-electron chi connectivity index (χ1n) is 6.54.